The lowest BCUT2D eigenvalue weighted by molar-refractivity contribution is 0.0954. The van der Waals surface area contributed by atoms with Gasteiger partial charge in [-0.25, -0.2) is 9.37 Å². The predicted molar refractivity (Wildman–Crippen MR) is 95.4 cm³/mol. The monoisotopic (exact) mass is 410 g/mol. The number of carbonyl (C=O) groups is 1. The van der Waals surface area contributed by atoms with Gasteiger partial charge in [-0.15, -0.1) is 22.7 Å². The van der Waals surface area contributed by atoms with Gasteiger partial charge in [0.15, 0.2) is 0 Å². The van der Waals surface area contributed by atoms with Gasteiger partial charge in [-0.3, -0.25) is 4.79 Å². The van der Waals surface area contributed by atoms with Crippen LogP contribution < -0.4 is 5.32 Å². The van der Waals surface area contributed by atoms with Gasteiger partial charge in [0.2, 0.25) is 0 Å². The van der Waals surface area contributed by atoms with Gasteiger partial charge in [-0.05, 0) is 53.2 Å². The number of carbonyl (C=O) groups excluding carboxylic acids is 1. The summed E-state index contributed by atoms with van der Waals surface area (Å²) >= 11 is 6.29. The van der Waals surface area contributed by atoms with Crippen LogP contribution in [0.25, 0.3) is 10.6 Å². The Hall–Kier alpha value is -1.57. The van der Waals surface area contributed by atoms with Crippen LogP contribution in [0, 0.1) is 12.7 Å². The van der Waals surface area contributed by atoms with Crippen molar-refractivity contribution in [1.29, 1.82) is 0 Å². The third kappa shape index (κ3) is 3.85. The van der Waals surface area contributed by atoms with Gasteiger partial charge in [-0.1, -0.05) is 0 Å². The number of hydrogen-bond donors (Lipinski definition) is 1. The first-order chi connectivity index (χ1) is 11.0. The average Bonchev–Trinajstić information content (AvgIpc) is 3.11. The van der Waals surface area contributed by atoms with Crippen LogP contribution in [-0.2, 0) is 6.54 Å². The van der Waals surface area contributed by atoms with E-state index in [1.165, 1.54) is 23.5 Å². The van der Waals surface area contributed by atoms with E-state index in [-0.39, 0.29) is 11.7 Å². The molecule has 23 heavy (non-hydrogen) atoms. The SMILES string of the molecule is Cc1nc(-c2ccc(F)cc2)sc1C(=O)NCc1cc(Br)cs1. The van der Waals surface area contributed by atoms with Crippen LogP contribution in [0.1, 0.15) is 20.2 Å². The summed E-state index contributed by atoms with van der Waals surface area (Å²) < 4.78 is 14.0. The summed E-state index contributed by atoms with van der Waals surface area (Å²) in [5, 5.41) is 5.60. The highest BCUT2D eigenvalue weighted by Gasteiger charge is 2.16. The van der Waals surface area contributed by atoms with Gasteiger partial charge >= 0.3 is 0 Å². The lowest BCUT2D eigenvalue weighted by atomic mass is 10.2. The molecule has 0 aliphatic rings. The van der Waals surface area contributed by atoms with Gasteiger partial charge < -0.3 is 5.32 Å². The largest absolute Gasteiger partial charge is 0.346 e. The fourth-order valence-corrected chi connectivity index (χ4v) is 4.40. The van der Waals surface area contributed by atoms with Crippen molar-refractivity contribution in [3.63, 3.8) is 0 Å². The summed E-state index contributed by atoms with van der Waals surface area (Å²) in [6.45, 7) is 2.29. The lowest BCUT2D eigenvalue weighted by Crippen LogP contribution is -2.22. The predicted octanol–water partition coefficient (Wildman–Crippen LogP) is 5.01. The molecule has 2 heterocycles. The van der Waals surface area contributed by atoms with E-state index in [9.17, 15) is 9.18 Å². The van der Waals surface area contributed by atoms with E-state index in [4.69, 9.17) is 0 Å². The van der Waals surface area contributed by atoms with Crippen molar-refractivity contribution in [2.75, 3.05) is 0 Å². The molecule has 0 saturated carbocycles. The first-order valence-corrected chi connectivity index (χ1v) is 9.26. The number of rotatable bonds is 4. The molecular formula is C16H12BrFN2OS2. The molecule has 2 aromatic heterocycles. The summed E-state index contributed by atoms with van der Waals surface area (Å²) in [4.78, 5) is 18.4. The zero-order chi connectivity index (χ0) is 16.4. The van der Waals surface area contributed by atoms with Gasteiger partial charge in [0.05, 0.1) is 12.2 Å². The maximum atomic E-state index is 13.0. The second kappa shape index (κ2) is 6.90. The zero-order valence-electron chi connectivity index (χ0n) is 12.1. The Balaban J connectivity index is 1.74. The highest BCUT2D eigenvalue weighted by atomic mass is 79.9. The number of nitrogens with zero attached hydrogens (tertiary/aromatic N) is 1. The molecular weight excluding hydrogens is 399 g/mol. The number of thiazole rings is 1. The van der Waals surface area contributed by atoms with E-state index < -0.39 is 0 Å². The van der Waals surface area contributed by atoms with Crippen LogP contribution in [0.4, 0.5) is 4.39 Å². The molecule has 0 radical (unpaired) electrons. The Labute approximate surface area is 149 Å². The molecule has 1 amide bonds. The Morgan fingerprint density at radius 1 is 1.35 bits per heavy atom. The van der Waals surface area contributed by atoms with E-state index in [1.54, 1.807) is 30.4 Å². The van der Waals surface area contributed by atoms with E-state index >= 15 is 0 Å². The first kappa shape index (κ1) is 16.3. The molecule has 1 aromatic carbocycles. The van der Waals surface area contributed by atoms with Gasteiger partial charge in [0, 0.05) is 20.3 Å². The highest BCUT2D eigenvalue weighted by molar-refractivity contribution is 9.10. The molecule has 3 aromatic rings. The summed E-state index contributed by atoms with van der Waals surface area (Å²) in [5.74, 6) is -0.431. The number of aryl methyl sites for hydroxylation is 1. The third-order valence-electron chi connectivity index (χ3n) is 3.14. The fourth-order valence-electron chi connectivity index (χ4n) is 2.02. The van der Waals surface area contributed by atoms with E-state index in [0.29, 0.717) is 22.1 Å². The topological polar surface area (TPSA) is 42.0 Å². The second-order valence-corrected chi connectivity index (χ2v) is 7.76. The standard InChI is InChI=1S/C16H12BrFN2OS2/c1-9-14(15(21)19-7-13-6-11(17)8-22-13)23-16(20-9)10-2-4-12(18)5-3-10/h2-6,8H,7H2,1H3,(H,19,21). The number of nitrogens with one attached hydrogen (secondary N) is 1. The van der Waals surface area contributed by atoms with Gasteiger partial charge in [0.1, 0.15) is 15.7 Å². The van der Waals surface area contributed by atoms with Crippen molar-refractivity contribution in [2.45, 2.75) is 13.5 Å². The third-order valence-corrected chi connectivity index (χ3v) is 6.04. The second-order valence-electron chi connectivity index (χ2n) is 4.85. The average molecular weight is 411 g/mol. The molecule has 118 valence electrons. The number of benzene rings is 1. The minimum absolute atomic E-state index is 0.141. The molecule has 1 N–H and O–H groups in total. The number of aromatic nitrogens is 1. The van der Waals surface area contributed by atoms with Crippen LogP contribution >= 0.6 is 38.6 Å². The fraction of sp³-hybridized carbons (Fsp3) is 0.125. The Morgan fingerprint density at radius 2 is 2.09 bits per heavy atom. The molecule has 0 spiro atoms. The van der Waals surface area contributed by atoms with Crippen LogP contribution in [-0.4, -0.2) is 10.9 Å². The first-order valence-electron chi connectivity index (χ1n) is 6.77. The zero-order valence-corrected chi connectivity index (χ0v) is 15.3. The van der Waals surface area contributed by atoms with E-state index in [2.05, 4.69) is 26.2 Å². The van der Waals surface area contributed by atoms with Gasteiger partial charge in [-0.2, -0.15) is 0 Å². The minimum Gasteiger partial charge on any atom is -0.346 e. The molecule has 3 nitrogen and oxygen atoms in total. The minimum atomic E-state index is -0.290. The number of halogens is 2. The highest BCUT2D eigenvalue weighted by Crippen LogP contribution is 2.28. The lowest BCUT2D eigenvalue weighted by Gasteiger charge is -2.01. The van der Waals surface area contributed by atoms with Crippen molar-refractivity contribution in [3.05, 3.63) is 61.5 Å². The Morgan fingerprint density at radius 3 is 2.74 bits per heavy atom. The molecule has 0 fully saturated rings. The van der Waals surface area contributed by atoms with E-state index in [0.717, 1.165) is 14.9 Å². The van der Waals surface area contributed by atoms with Crippen LogP contribution in [0.3, 0.4) is 0 Å². The van der Waals surface area contributed by atoms with Crippen molar-refractivity contribution in [2.24, 2.45) is 0 Å². The quantitative estimate of drug-likeness (QED) is 0.656. The van der Waals surface area contributed by atoms with Crippen molar-refractivity contribution in [1.82, 2.24) is 10.3 Å². The van der Waals surface area contributed by atoms with E-state index in [1.807, 2.05) is 11.4 Å². The smallest absolute Gasteiger partial charge is 0.263 e. The number of hydrogen-bond acceptors (Lipinski definition) is 4. The molecule has 3 rings (SSSR count). The molecule has 0 aliphatic carbocycles. The number of amides is 1. The van der Waals surface area contributed by atoms with Crippen molar-refractivity contribution in [3.8, 4) is 10.6 Å². The van der Waals surface area contributed by atoms with Crippen molar-refractivity contribution >= 4 is 44.5 Å². The molecule has 7 heteroatoms. The molecule has 0 saturated heterocycles. The maximum Gasteiger partial charge on any atom is 0.263 e. The maximum absolute atomic E-state index is 13.0. The summed E-state index contributed by atoms with van der Waals surface area (Å²) in [7, 11) is 0. The van der Waals surface area contributed by atoms with Crippen LogP contribution in [0.15, 0.2) is 40.2 Å². The van der Waals surface area contributed by atoms with Crippen LogP contribution in [0.2, 0.25) is 0 Å². The summed E-state index contributed by atoms with van der Waals surface area (Å²) in [6.07, 6.45) is 0. The molecule has 0 atom stereocenters. The van der Waals surface area contributed by atoms with Crippen molar-refractivity contribution < 1.29 is 9.18 Å². The number of thiophene rings is 1. The normalized spacial score (nSPS) is 10.7. The molecule has 0 unspecified atom stereocenters. The summed E-state index contributed by atoms with van der Waals surface area (Å²) in [6, 6.07) is 8.09. The molecule has 0 aliphatic heterocycles. The Kier molecular flexibility index (Phi) is 4.89. The molecule has 0 bridgehead atoms. The Bertz CT molecular complexity index is 842. The van der Waals surface area contributed by atoms with Gasteiger partial charge in [0.25, 0.3) is 5.91 Å². The summed E-state index contributed by atoms with van der Waals surface area (Å²) in [5.41, 5.74) is 1.49. The van der Waals surface area contributed by atoms with Crippen LogP contribution in [0.5, 0.6) is 0 Å².